The quantitative estimate of drug-likeness (QED) is 0.158. The van der Waals surface area contributed by atoms with Crippen LogP contribution in [0.3, 0.4) is 0 Å². The van der Waals surface area contributed by atoms with E-state index >= 15 is 0 Å². The molecule has 10 heavy (non-hydrogen) atoms. The molecule has 0 aromatic heterocycles. The maximum Gasteiger partial charge on any atom is 0.358 e. The molecule has 0 aliphatic heterocycles. The van der Waals surface area contributed by atoms with Crippen molar-refractivity contribution in [2.45, 2.75) is 32.7 Å². The Hall–Kier alpha value is -0.770. The Morgan fingerprint density at radius 1 is 1.60 bits per heavy atom. The highest BCUT2D eigenvalue weighted by atomic mass is 15.3. The molecule has 0 heterocycles. The molecular formula is C6H17N4+. The fourth-order valence-electron chi connectivity index (χ4n) is 0.489. The predicted molar refractivity (Wildman–Crippen MR) is 41.9 cm³/mol. The van der Waals surface area contributed by atoms with E-state index in [1.165, 1.54) is 0 Å². The highest BCUT2D eigenvalue weighted by molar-refractivity contribution is 5.70. The Kier molecular flexibility index (Phi) is 3.15. The Balaban J connectivity index is 4.09. The first-order valence-corrected chi connectivity index (χ1v) is 3.39. The third-order valence-electron chi connectivity index (χ3n) is 1.51. The van der Waals surface area contributed by atoms with Crippen LogP contribution in [-0.4, -0.2) is 11.5 Å². The van der Waals surface area contributed by atoms with E-state index in [-0.39, 0.29) is 5.54 Å². The minimum Gasteiger partial charge on any atom is -0.290 e. The van der Waals surface area contributed by atoms with Crippen LogP contribution in [0.4, 0.5) is 0 Å². The predicted octanol–water partition coefficient (Wildman–Crippen LogP) is -1.97. The van der Waals surface area contributed by atoms with Gasteiger partial charge in [0.15, 0.2) is 0 Å². The topological polar surface area (TPSA) is 78.0 Å². The largest absolute Gasteiger partial charge is 0.358 e. The second-order valence-electron chi connectivity index (χ2n) is 2.92. The van der Waals surface area contributed by atoms with Crippen LogP contribution in [0.15, 0.2) is 0 Å². The second-order valence-corrected chi connectivity index (χ2v) is 2.92. The third kappa shape index (κ3) is 3.29. The molecule has 4 nitrogen and oxygen atoms in total. The number of nitrogens with one attached hydrogen (secondary N) is 2. The summed E-state index contributed by atoms with van der Waals surface area (Å²) < 4.78 is 0. The van der Waals surface area contributed by atoms with E-state index in [9.17, 15) is 0 Å². The van der Waals surface area contributed by atoms with E-state index in [0.29, 0.717) is 5.96 Å². The average Bonchev–Trinajstić information content (AvgIpc) is 1.87. The number of hydrogen-bond acceptors (Lipinski definition) is 1. The Labute approximate surface area is 61.7 Å². The highest BCUT2D eigenvalue weighted by Gasteiger charge is 2.14. The summed E-state index contributed by atoms with van der Waals surface area (Å²) in [6.07, 6.45) is 0.995. The fourth-order valence-corrected chi connectivity index (χ4v) is 0.489. The Morgan fingerprint density at radius 2 is 2.10 bits per heavy atom. The maximum atomic E-state index is 5.40. The molecule has 0 radical (unpaired) electrons. The van der Waals surface area contributed by atoms with E-state index in [1.807, 2.05) is 0 Å². The molecule has 0 saturated heterocycles. The van der Waals surface area contributed by atoms with Crippen LogP contribution in [0.1, 0.15) is 27.2 Å². The molecule has 0 aromatic carbocycles. The van der Waals surface area contributed by atoms with Crippen molar-refractivity contribution in [3.05, 3.63) is 0 Å². The molecule has 60 valence electrons. The lowest BCUT2D eigenvalue weighted by atomic mass is 10.0. The van der Waals surface area contributed by atoms with Crippen LogP contribution in [-0.2, 0) is 0 Å². The van der Waals surface area contributed by atoms with Gasteiger partial charge in [-0.3, -0.25) is 10.7 Å². The van der Waals surface area contributed by atoms with Gasteiger partial charge < -0.3 is 0 Å². The molecule has 0 aliphatic carbocycles. The van der Waals surface area contributed by atoms with Crippen LogP contribution >= 0.6 is 0 Å². The lowest BCUT2D eigenvalue weighted by Gasteiger charge is -2.15. The summed E-state index contributed by atoms with van der Waals surface area (Å²) in [6, 6.07) is 0. The van der Waals surface area contributed by atoms with Crippen molar-refractivity contribution < 1.29 is 4.99 Å². The molecule has 0 aromatic rings. The van der Waals surface area contributed by atoms with Gasteiger partial charge in [0.1, 0.15) is 0 Å². The maximum absolute atomic E-state index is 5.40. The average molecular weight is 145 g/mol. The van der Waals surface area contributed by atoms with E-state index in [2.05, 4.69) is 31.2 Å². The minimum absolute atomic E-state index is 0.0104. The summed E-state index contributed by atoms with van der Waals surface area (Å²) >= 11 is 0. The van der Waals surface area contributed by atoms with E-state index in [4.69, 9.17) is 11.6 Å². The van der Waals surface area contributed by atoms with Crippen molar-refractivity contribution in [2.75, 3.05) is 0 Å². The molecule has 0 unspecified atom stereocenters. The van der Waals surface area contributed by atoms with Crippen molar-refractivity contribution in [1.82, 2.24) is 5.43 Å². The van der Waals surface area contributed by atoms with E-state index in [1.54, 1.807) is 0 Å². The van der Waals surface area contributed by atoms with Gasteiger partial charge in [-0.05, 0) is 20.3 Å². The van der Waals surface area contributed by atoms with Crippen molar-refractivity contribution >= 4 is 5.96 Å². The third-order valence-corrected chi connectivity index (χ3v) is 1.51. The zero-order chi connectivity index (χ0) is 8.20. The first-order valence-electron chi connectivity index (χ1n) is 3.39. The summed E-state index contributed by atoms with van der Waals surface area (Å²) in [4.78, 5) is 3.01. The SMILES string of the molecule is CCC(C)(C)[NH+]=C(N)NN. The molecule has 0 fully saturated rings. The van der Waals surface area contributed by atoms with Gasteiger partial charge in [0.2, 0.25) is 0 Å². The first kappa shape index (κ1) is 9.23. The second kappa shape index (κ2) is 3.41. The molecule has 0 saturated carbocycles. The van der Waals surface area contributed by atoms with Crippen molar-refractivity contribution in [3.8, 4) is 0 Å². The normalized spacial score (nSPS) is 13.4. The van der Waals surface area contributed by atoms with Gasteiger partial charge in [-0.2, -0.15) is 5.84 Å². The van der Waals surface area contributed by atoms with Gasteiger partial charge in [-0.15, -0.1) is 0 Å². The highest BCUT2D eigenvalue weighted by Crippen LogP contribution is 1.97. The van der Waals surface area contributed by atoms with Crippen molar-refractivity contribution in [2.24, 2.45) is 11.6 Å². The van der Waals surface area contributed by atoms with Crippen LogP contribution in [0.5, 0.6) is 0 Å². The molecule has 6 N–H and O–H groups in total. The molecular weight excluding hydrogens is 128 g/mol. The molecule has 0 atom stereocenters. The summed E-state index contributed by atoms with van der Waals surface area (Å²) in [6.45, 7) is 6.19. The zero-order valence-electron chi connectivity index (χ0n) is 6.86. The standard InChI is InChI=1S/C6H16N4/c1-4-6(2,3)9-5(7)10-8/h4,8H2,1-3H3,(H3,7,9,10)/p+1. The summed E-state index contributed by atoms with van der Waals surface area (Å²) in [5.74, 6) is 5.47. The number of hydrogen-bond donors (Lipinski definition) is 4. The van der Waals surface area contributed by atoms with Crippen LogP contribution in [0.2, 0.25) is 0 Å². The number of hydrazine groups is 1. The van der Waals surface area contributed by atoms with E-state index in [0.717, 1.165) is 6.42 Å². The molecule has 0 spiro atoms. The summed E-state index contributed by atoms with van der Waals surface area (Å²) in [7, 11) is 0. The molecule has 4 heteroatoms. The minimum atomic E-state index is 0.0104. The van der Waals surface area contributed by atoms with Crippen LogP contribution in [0.25, 0.3) is 0 Å². The smallest absolute Gasteiger partial charge is 0.290 e. The number of nitrogens with two attached hydrogens (primary N) is 2. The fraction of sp³-hybridized carbons (Fsp3) is 0.833. The molecule has 0 rings (SSSR count). The summed E-state index contributed by atoms with van der Waals surface area (Å²) in [5, 5.41) is 0. The van der Waals surface area contributed by atoms with Gasteiger partial charge in [-0.1, -0.05) is 6.92 Å². The zero-order valence-corrected chi connectivity index (χ0v) is 6.86. The number of guanidine groups is 1. The van der Waals surface area contributed by atoms with Gasteiger partial charge in [0.05, 0.1) is 5.54 Å². The van der Waals surface area contributed by atoms with Gasteiger partial charge in [-0.25, -0.2) is 5.43 Å². The lowest BCUT2D eigenvalue weighted by Crippen LogP contribution is -2.89. The van der Waals surface area contributed by atoms with E-state index < -0.39 is 0 Å². The Bertz CT molecular complexity index is 128. The molecule has 0 aliphatic rings. The Morgan fingerprint density at radius 3 is 2.40 bits per heavy atom. The lowest BCUT2D eigenvalue weighted by molar-refractivity contribution is -0.547. The molecule has 0 amide bonds. The summed E-state index contributed by atoms with van der Waals surface area (Å²) in [5.41, 5.74) is 7.75. The molecule has 0 bridgehead atoms. The van der Waals surface area contributed by atoms with Crippen LogP contribution < -0.4 is 22.0 Å². The van der Waals surface area contributed by atoms with Gasteiger partial charge in [0.25, 0.3) is 0 Å². The van der Waals surface area contributed by atoms with Crippen LogP contribution in [0, 0.1) is 0 Å². The number of rotatable bonds is 2. The van der Waals surface area contributed by atoms with Crippen molar-refractivity contribution in [3.63, 3.8) is 0 Å². The van der Waals surface area contributed by atoms with Crippen molar-refractivity contribution in [1.29, 1.82) is 0 Å². The van der Waals surface area contributed by atoms with Gasteiger partial charge >= 0.3 is 5.96 Å². The first-order chi connectivity index (χ1) is 4.52. The monoisotopic (exact) mass is 145 g/mol. The van der Waals surface area contributed by atoms with Gasteiger partial charge in [0, 0.05) is 0 Å².